The Morgan fingerprint density at radius 1 is 1.00 bits per heavy atom. The maximum atomic E-state index is 2.27. The molecule has 74 valence electrons. The van der Waals surface area contributed by atoms with Gasteiger partial charge in [0.1, 0.15) is 0 Å². The predicted octanol–water partition coefficient (Wildman–Crippen LogP) is 4.27. The molecular weight excluding hydrogens is 176 g/mol. The number of hydrogen-bond donors (Lipinski definition) is 0. The van der Waals surface area contributed by atoms with Gasteiger partial charge in [-0.25, -0.2) is 0 Å². The summed E-state index contributed by atoms with van der Waals surface area (Å²) < 4.78 is 0. The van der Waals surface area contributed by atoms with Crippen LogP contribution < -0.4 is 0 Å². The van der Waals surface area contributed by atoms with Gasteiger partial charge in [0.2, 0.25) is 0 Å². The SMILES string of the molecule is CC.Cc1sc2c(c1C)CCCC2. The molecule has 0 aromatic carbocycles. The van der Waals surface area contributed by atoms with Crippen molar-refractivity contribution in [3.8, 4) is 0 Å². The van der Waals surface area contributed by atoms with Crippen LogP contribution in [0.25, 0.3) is 0 Å². The normalized spacial score (nSPS) is 14.5. The summed E-state index contributed by atoms with van der Waals surface area (Å²) in [6.07, 6.45) is 5.50. The Bertz CT molecular complexity index is 271. The molecule has 0 spiro atoms. The van der Waals surface area contributed by atoms with Crippen molar-refractivity contribution in [1.29, 1.82) is 0 Å². The third-order valence-electron chi connectivity index (χ3n) is 2.67. The highest BCUT2D eigenvalue weighted by Crippen LogP contribution is 2.32. The molecule has 0 N–H and O–H groups in total. The minimum absolute atomic E-state index is 1.34. The molecule has 1 aliphatic carbocycles. The fraction of sp³-hybridized carbons (Fsp3) is 0.667. The summed E-state index contributed by atoms with van der Waals surface area (Å²) in [7, 11) is 0. The molecule has 0 saturated carbocycles. The summed E-state index contributed by atoms with van der Waals surface area (Å²) in [5.41, 5.74) is 3.25. The smallest absolute Gasteiger partial charge is 0.00827 e. The lowest BCUT2D eigenvalue weighted by atomic mass is 9.96. The van der Waals surface area contributed by atoms with Crippen molar-refractivity contribution in [2.75, 3.05) is 0 Å². The molecule has 0 saturated heterocycles. The second-order valence-electron chi connectivity index (χ2n) is 3.39. The van der Waals surface area contributed by atoms with Crippen LogP contribution in [0.2, 0.25) is 0 Å². The molecule has 0 bridgehead atoms. The maximum Gasteiger partial charge on any atom is 0.00827 e. The molecule has 1 aromatic rings. The zero-order chi connectivity index (χ0) is 9.84. The van der Waals surface area contributed by atoms with Gasteiger partial charge in [-0.1, -0.05) is 13.8 Å². The second-order valence-corrected chi connectivity index (χ2v) is 4.70. The average molecular weight is 196 g/mol. The standard InChI is InChI=1S/C10H14S.C2H6/c1-7-8(2)11-10-6-4-3-5-9(7)10;1-2/h3-6H2,1-2H3;1-2H3. The Hall–Kier alpha value is -0.300. The Labute approximate surface area is 86.0 Å². The summed E-state index contributed by atoms with van der Waals surface area (Å²) in [6.45, 7) is 8.52. The summed E-state index contributed by atoms with van der Waals surface area (Å²) in [5, 5.41) is 0. The van der Waals surface area contributed by atoms with Crippen molar-refractivity contribution in [2.45, 2.75) is 53.4 Å². The van der Waals surface area contributed by atoms with Crippen LogP contribution in [0, 0.1) is 13.8 Å². The summed E-state index contributed by atoms with van der Waals surface area (Å²) in [5.74, 6) is 0. The first kappa shape index (κ1) is 10.8. The largest absolute Gasteiger partial charge is 0.145 e. The van der Waals surface area contributed by atoms with E-state index in [2.05, 4.69) is 13.8 Å². The van der Waals surface area contributed by atoms with E-state index in [0.29, 0.717) is 0 Å². The third-order valence-corrected chi connectivity index (χ3v) is 3.98. The molecule has 13 heavy (non-hydrogen) atoms. The second kappa shape index (κ2) is 4.80. The molecule has 0 radical (unpaired) electrons. The molecule has 2 rings (SSSR count). The van der Waals surface area contributed by atoms with E-state index in [-0.39, 0.29) is 0 Å². The van der Waals surface area contributed by atoms with Crippen molar-refractivity contribution in [2.24, 2.45) is 0 Å². The zero-order valence-corrected chi connectivity index (χ0v) is 10.1. The van der Waals surface area contributed by atoms with Gasteiger partial charge in [0, 0.05) is 9.75 Å². The van der Waals surface area contributed by atoms with Crippen LogP contribution >= 0.6 is 11.3 Å². The number of hydrogen-bond acceptors (Lipinski definition) is 1. The molecule has 1 heterocycles. The fourth-order valence-corrected chi connectivity index (χ4v) is 3.13. The van der Waals surface area contributed by atoms with E-state index in [4.69, 9.17) is 0 Å². The fourth-order valence-electron chi connectivity index (χ4n) is 1.86. The number of rotatable bonds is 0. The van der Waals surface area contributed by atoms with Gasteiger partial charge in [-0.15, -0.1) is 11.3 Å². The summed E-state index contributed by atoms with van der Waals surface area (Å²) in [6, 6.07) is 0. The molecule has 1 aromatic heterocycles. The predicted molar refractivity (Wildman–Crippen MR) is 61.8 cm³/mol. The van der Waals surface area contributed by atoms with Crippen LogP contribution in [-0.4, -0.2) is 0 Å². The molecule has 0 unspecified atom stereocenters. The molecule has 0 aliphatic heterocycles. The van der Waals surface area contributed by atoms with Gasteiger partial charge in [-0.2, -0.15) is 0 Å². The first-order chi connectivity index (χ1) is 6.29. The van der Waals surface area contributed by atoms with E-state index in [9.17, 15) is 0 Å². The van der Waals surface area contributed by atoms with Crippen molar-refractivity contribution in [3.63, 3.8) is 0 Å². The molecule has 1 aliphatic rings. The van der Waals surface area contributed by atoms with Gasteiger partial charge in [0.25, 0.3) is 0 Å². The Morgan fingerprint density at radius 2 is 1.62 bits per heavy atom. The lowest BCUT2D eigenvalue weighted by Crippen LogP contribution is -1.98. The summed E-state index contributed by atoms with van der Waals surface area (Å²) in [4.78, 5) is 3.21. The molecule has 0 atom stereocenters. The van der Waals surface area contributed by atoms with E-state index < -0.39 is 0 Å². The van der Waals surface area contributed by atoms with Crippen LogP contribution in [0.1, 0.15) is 47.6 Å². The molecule has 1 heteroatoms. The van der Waals surface area contributed by atoms with Crippen LogP contribution in [0.4, 0.5) is 0 Å². The summed E-state index contributed by atoms with van der Waals surface area (Å²) >= 11 is 2.02. The van der Waals surface area contributed by atoms with Crippen LogP contribution in [0.15, 0.2) is 0 Å². The van der Waals surface area contributed by atoms with Gasteiger partial charge in [-0.3, -0.25) is 0 Å². The highest BCUT2D eigenvalue weighted by molar-refractivity contribution is 7.12. The monoisotopic (exact) mass is 196 g/mol. The highest BCUT2D eigenvalue weighted by atomic mass is 32.1. The van der Waals surface area contributed by atoms with E-state index in [1.54, 1.807) is 16.0 Å². The molecule has 0 fully saturated rings. The van der Waals surface area contributed by atoms with Gasteiger partial charge in [-0.05, 0) is 50.7 Å². The third kappa shape index (κ3) is 2.14. The van der Waals surface area contributed by atoms with Crippen LogP contribution in [0.5, 0.6) is 0 Å². The first-order valence-electron chi connectivity index (χ1n) is 5.37. The highest BCUT2D eigenvalue weighted by Gasteiger charge is 2.15. The Morgan fingerprint density at radius 3 is 2.23 bits per heavy atom. The van der Waals surface area contributed by atoms with E-state index >= 15 is 0 Å². The zero-order valence-electron chi connectivity index (χ0n) is 9.24. The van der Waals surface area contributed by atoms with Gasteiger partial charge in [0.15, 0.2) is 0 Å². The molecular formula is C12H20S. The van der Waals surface area contributed by atoms with Crippen molar-refractivity contribution >= 4 is 11.3 Å². The van der Waals surface area contributed by atoms with Crippen molar-refractivity contribution in [3.05, 3.63) is 20.9 Å². The van der Waals surface area contributed by atoms with Crippen molar-refractivity contribution < 1.29 is 0 Å². The Kier molecular flexibility index (Phi) is 3.98. The van der Waals surface area contributed by atoms with Crippen LogP contribution in [-0.2, 0) is 12.8 Å². The minimum Gasteiger partial charge on any atom is -0.145 e. The lowest BCUT2D eigenvalue weighted by Gasteiger charge is -2.10. The van der Waals surface area contributed by atoms with Gasteiger partial charge < -0.3 is 0 Å². The molecule has 0 nitrogen and oxygen atoms in total. The quantitative estimate of drug-likeness (QED) is 0.581. The van der Waals surface area contributed by atoms with Gasteiger partial charge in [0.05, 0.1) is 0 Å². The number of aryl methyl sites for hydroxylation is 2. The minimum atomic E-state index is 1.34. The lowest BCUT2D eigenvalue weighted by molar-refractivity contribution is 0.694. The maximum absolute atomic E-state index is 2.27. The molecule has 0 amide bonds. The average Bonchev–Trinajstić information content (AvgIpc) is 2.47. The van der Waals surface area contributed by atoms with E-state index in [0.717, 1.165) is 0 Å². The number of fused-ring (bicyclic) bond motifs is 1. The van der Waals surface area contributed by atoms with E-state index in [1.807, 2.05) is 25.2 Å². The first-order valence-corrected chi connectivity index (χ1v) is 6.18. The number of thiophene rings is 1. The van der Waals surface area contributed by atoms with Crippen molar-refractivity contribution in [1.82, 2.24) is 0 Å². The van der Waals surface area contributed by atoms with Crippen LogP contribution in [0.3, 0.4) is 0 Å². The van der Waals surface area contributed by atoms with Gasteiger partial charge >= 0.3 is 0 Å². The van der Waals surface area contributed by atoms with E-state index in [1.165, 1.54) is 30.6 Å². The Balaban J connectivity index is 0.000000396. The topological polar surface area (TPSA) is 0 Å².